The van der Waals surface area contributed by atoms with Gasteiger partial charge in [0.15, 0.2) is 0 Å². The van der Waals surface area contributed by atoms with E-state index in [4.69, 9.17) is 0 Å². The molecule has 0 aromatic carbocycles. The molecule has 0 atom stereocenters. The number of quaternary nitrogens is 1. The molecule has 0 N–H and O–H groups in total. The normalized spacial score (nSPS) is 10.9. The number of halogens is 1. The van der Waals surface area contributed by atoms with Crippen LogP contribution in [0.4, 0.5) is 0 Å². The van der Waals surface area contributed by atoms with Crippen molar-refractivity contribution in [3.05, 3.63) is 0 Å². The minimum atomic E-state index is 0. The number of rotatable bonds is 15. The quantitative estimate of drug-likeness (QED) is 0.228. The lowest BCUT2D eigenvalue weighted by atomic mass is 10.0. The van der Waals surface area contributed by atoms with Gasteiger partial charge >= 0.3 is 0 Å². The van der Waals surface area contributed by atoms with E-state index in [1.165, 1.54) is 96.4 Å². The van der Waals surface area contributed by atoms with Gasteiger partial charge in [-0.2, -0.15) is 0 Å². The van der Waals surface area contributed by atoms with E-state index in [9.17, 15) is 0 Å². The first-order chi connectivity index (χ1) is 9.56. The highest BCUT2D eigenvalue weighted by Gasteiger charge is 2.04. The van der Waals surface area contributed by atoms with E-state index >= 15 is 0 Å². The maximum Gasteiger partial charge on any atom is 0.0780 e. The second kappa shape index (κ2) is 19.7. The molecule has 0 spiro atoms. The predicted molar refractivity (Wildman–Crippen MR) is 99.0 cm³/mol. The summed E-state index contributed by atoms with van der Waals surface area (Å²) in [5.74, 6) is 0. The fraction of sp³-hybridized carbons (Fsp3) is 1.00. The van der Waals surface area contributed by atoms with Gasteiger partial charge in [0, 0.05) is 11.0 Å². The topological polar surface area (TPSA) is 0 Å². The molecule has 22 heavy (non-hydrogen) atoms. The first kappa shape index (κ1) is 27.5. The van der Waals surface area contributed by atoms with E-state index in [-0.39, 0.29) is 27.9 Å². The molecule has 3 heteroatoms. The highest BCUT2D eigenvalue weighted by atomic mass is 79.9. The van der Waals surface area contributed by atoms with Gasteiger partial charge < -0.3 is 21.5 Å². The lowest BCUT2D eigenvalue weighted by molar-refractivity contribution is -0.870. The highest BCUT2D eigenvalue weighted by molar-refractivity contribution is 5.75. The molecule has 0 fully saturated rings. The van der Waals surface area contributed by atoms with Crippen LogP contribution in [0.25, 0.3) is 0 Å². The van der Waals surface area contributed by atoms with Gasteiger partial charge in [-0.3, -0.25) is 0 Å². The molecular weight excluding hydrogens is 350 g/mol. The van der Waals surface area contributed by atoms with Crippen molar-refractivity contribution in [2.45, 2.75) is 96.8 Å². The Morgan fingerprint density at radius 2 is 0.773 bits per heavy atom. The molecule has 0 unspecified atom stereocenters. The summed E-state index contributed by atoms with van der Waals surface area (Å²) in [6.07, 6.45) is 20.4. The Kier molecular flexibility index (Phi) is 24.6. The second-order valence-corrected chi connectivity index (χ2v) is 7.61. The van der Waals surface area contributed by atoms with Gasteiger partial charge in [-0.1, -0.05) is 84.0 Å². The summed E-state index contributed by atoms with van der Waals surface area (Å²) in [5.41, 5.74) is 0. The maximum absolute atomic E-state index is 2.29. The Bertz CT molecular complexity index is 192. The summed E-state index contributed by atoms with van der Waals surface area (Å²) in [5, 5.41) is 0. The van der Waals surface area contributed by atoms with Gasteiger partial charge in [-0.25, -0.2) is 0 Å². The number of unbranched alkanes of at least 4 members (excludes halogenated alkanes) is 13. The highest BCUT2D eigenvalue weighted by Crippen LogP contribution is 2.13. The molecule has 0 heterocycles. The third-order valence-electron chi connectivity index (χ3n) is 4.18. The van der Waals surface area contributed by atoms with Crippen LogP contribution >= 0.6 is 0 Å². The molecule has 4 radical (unpaired) electrons. The van der Waals surface area contributed by atoms with Gasteiger partial charge in [0.1, 0.15) is 0 Å². The molecule has 0 aliphatic carbocycles. The Balaban J connectivity index is -0.00000180. The van der Waals surface area contributed by atoms with Crippen LogP contribution in [0.3, 0.4) is 0 Å². The van der Waals surface area contributed by atoms with Crippen molar-refractivity contribution in [1.82, 2.24) is 0 Å². The van der Waals surface area contributed by atoms with Crippen molar-refractivity contribution in [2.75, 3.05) is 27.7 Å². The van der Waals surface area contributed by atoms with Crippen LogP contribution in [0.1, 0.15) is 96.8 Å². The summed E-state index contributed by atoms with van der Waals surface area (Å²) in [6.45, 7) is 3.63. The monoisotopic (exact) mass is 391 g/mol. The fourth-order valence-electron chi connectivity index (χ4n) is 2.78. The number of nitrogens with zero attached hydrogens (tertiary/aromatic N) is 1. The lowest BCUT2D eigenvalue weighted by Crippen LogP contribution is -3.00. The molecule has 0 bridgehead atoms. The van der Waals surface area contributed by atoms with Crippen LogP contribution in [-0.4, -0.2) is 43.1 Å². The second-order valence-electron chi connectivity index (χ2n) is 7.61. The van der Waals surface area contributed by atoms with Gasteiger partial charge in [-0.15, -0.1) is 0 Å². The van der Waals surface area contributed by atoms with Crippen LogP contribution in [0, 0.1) is 0 Å². The average Bonchev–Trinajstić information content (AvgIpc) is 2.38. The zero-order valence-electron chi connectivity index (χ0n) is 15.9. The zero-order valence-corrected chi connectivity index (χ0v) is 18.5. The molecule has 0 amide bonds. The fourth-order valence-corrected chi connectivity index (χ4v) is 2.78. The molecule has 0 rings (SSSR count). The van der Waals surface area contributed by atoms with E-state index < -0.39 is 0 Å². The first-order valence-corrected chi connectivity index (χ1v) is 9.36. The first-order valence-electron chi connectivity index (χ1n) is 9.36. The Morgan fingerprint density at radius 3 is 1.05 bits per heavy atom. The van der Waals surface area contributed by atoms with Gasteiger partial charge in [-0.05, 0) is 12.8 Å². The van der Waals surface area contributed by atoms with Crippen LogP contribution in [0.5, 0.6) is 0 Å². The number of hydrogen-bond donors (Lipinski definition) is 0. The number of hydrogen-bond acceptors (Lipinski definition) is 0. The van der Waals surface area contributed by atoms with Crippen molar-refractivity contribution in [3.8, 4) is 0 Å². The van der Waals surface area contributed by atoms with Crippen molar-refractivity contribution >= 4 is 11.0 Å². The summed E-state index contributed by atoms with van der Waals surface area (Å²) in [7, 11) is 6.88. The van der Waals surface area contributed by atoms with Crippen molar-refractivity contribution in [3.63, 3.8) is 0 Å². The zero-order chi connectivity index (χ0) is 15.1. The molecule has 0 aromatic rings. The molecule has 0 aromatic heterocycles. The largest absolute Gasteiger partial charge is 1.00 e. The molecule has 0 aliphatic heterocycles. The minimum Gasteiger partial charge on any atom is -1.00 e. The summed E-state index contributed by atoms with van der Waals surface area (Å²) in [4.78, 5) is 0. The summed E-state index contributed by atoms with van der Waals surface area (Å²) in [6, 6.07) is 0. The Labute approximate surface area is 157 Å². The standard InChI is InChI=1S/C19H42N.BrH.Si/c1-5-6-7-8-9-10-11-12-13-14-15-16-17-18-19-20(2,3)4;;/h5-19H2,1-4H3;1H;/q+1;;/p-1. The molecule has 1 nitrogen and oxygen atoms in total. The lowest BCUT2D eigenvalue weighted by Gasteiger charge is -2.23. The third-order valence-corrected chi connectivity index (χ3v) is 4.18. The Morgan fingerprint density at radius 1 is 0.500 bits per heavy atom. The van der Waals surface area contributed by atoms with Crippen LogP contribution in [-0.2, 0) is 0 Å². The van der Waals surface area contributed by atoms with E-state index in [0.29, 0.717) is 0 Å². The maximum atomic E-state index is 2.29. The van der Waals surface area contributed by atoms with E-state index in [2.05, 4.69) is 28.1 Å². The van der Waals surface area contributed by atoms with Crippen LogP contribution in [0.15, 0.2) is 0 Å². The molecule has 0 aliphatic rings. The summed E-state index contributed by atoms with van der Waals surface area (Å²) >= 11 is 0. The molecule has 0 saturated heterocycles. The van der Waals surface area contributed by atoms with Gasteiger partial charge in [0.25, 0.3) is 0 Å². The van der Waals surface area contributed by atoms with Crippen LogP contribution < -0.4 is 17.0 Å². The SMILES string of the molecule is CCCCCCCCCCCCCCCC[N+](C)(C)C.[Br-].[Si]. The minimum absolute atomic E-state index is 0. The van der Waals surface area contributed by atoms with Crippen molar-refractivity contribution < 1.29 is 21.5 Å². The Hall–Kier alpha value is 0.657. The molecule has 0 saturated carbocycles. The van der Waals surface area contributed by atoms with Crippen LogP contribution in [0.2, 0.25) is 0 Å². The van der Waals surface area contributed by atoms with E-state index in [0.717, 1.165) is 4.48 Å². The van der Waals surface area contributed by atoms with E-state index in [1.54, 1.807) is 0 Å². The van der Waals surface area contributed by atoms with Crippen molar-refractivity contribution in [2.24, 2.45) is 0 Å². The predicted octanol–water partition coefficient (Wildman–Crippen LogP) is 2.80. The summed E-state index contributed by atoms with van der Waals surface area (Å²) < 4.78 is 1.12. The molecular formula is C19H42BrNSi. The van der Waals surface area contributed by atoms with Crippen molar-refractivity contribution in [1.29, 1.82) is 0 Å². The van der Waals surface area contributed by atoms with Gasteiger partial charge in [0.2, 0.25) is 0 Å². The smallest absolute Gasteiger partial charge is 0.0780 e. The average molecular weight is 393 g/mol. The van der Waals surface area contributed by atoms with Gasteiger partial charge in [0.05, 0.1) is 27.7 Å². The third kappa shape index (κ3) is 25.6. The molecule has 134 valence electrons. The van der Waals surface area contributed by atoms with E-state index in [1.807, 2.05) is 0 Å².